The largest absolute Gasteiger partial charge is 0.379 e. The molecular formula is C19H41N5O3. The smallest absolute Gasteiger partial charge is 0.121 e. The van der Waals surface area contributed by atoms with E-state index in [0.29, 0.717) is 0 Å². The molecule has 2 aliphatic rings. The van der Waals surface area contributed by atoms with E-state index in [-0.39, 0.29) is 6.23 Å². The Morgan fingerprint density at radius 1 is 1.00 bits per heavy atom. The normalized spacial score (nSPS) is 22.6. The Kier molecular flexibility index (Phi) is 12.5. The van der Waals surface area contributed by atoms with Crippen LogP contribution in [0.3, 0.4) is 0 Å². The first-order chi connectivity index (χ1) is 13.3. The third kappa shape index (κ3) is 10.1. The van der Waals surface area contributed by atoms with Crippen LogP contribution < -0.4 is 10.6 Å². The molecule has 0 aromatic carbocycles. The molecule has 1 unspecified atom stereocenters. The molecule has 2 aliphatic heterocycles. The summed E-state index contributed by atoms with van der Waals surface area (Å²) in [5.41, 5.74) is 0. The Balaban J connectivity index is 1.48. The molecule has 0 amide bonds. The standard InChI is InChI=1S/C19H41N5O3/c1-3-22(8-13-25-14-9-23-10-15-26-16-11-23)7-5-21-19-18-24(6-4-20-2)12-17-27-19/h19-21H,3-18H2,1-2H3. The van der Waals surface area contributed by atoms with E-state index in [1.165, 1.54) is 0 Å². The van der Waals surface area contributed by atoms with E-state index in [4.69, 9.17) is 14.2 Å². The van der Waals surface area contributed by atoms with E-state index in [1.807, 2.05) is 7.05 Å². The van der Waals surface area contributed by atoms with Gasteiger partial charge in [0.2, 0.25) is 0 Å². The predicted octanol–water partition coefficient (Wildman–Crippen LogP) is -0.876. The average molecular weight is 388 g/mol. The fourth-order valence-electron chi connectivity index (χ4n) is 3.42. The monoisotopic (exact) mass is 387 g/mol. The summed E-state index contributed by atoms with van der Waals surface area (Å²) in [5, 5.41) is 6.77. The maximum Gasteiger partial charge on any atom is 0.121 e. The van der Waals surface area contributed by atoms with Gasteiger partial charge in [-0.2, -0.15) is 0 Å². The van der Waals surface area contributed by atoms with Gasteiger partial charge in [0.05, 0.1) is 33.0 Å². The molecule has 2 fully saturated rings. The summed E-state index contributed by atoms with van der Waals surface area (Å²) in [7, 11) is 2.00. The molecule has 0 spiro atoms. The second-order valence-electron chi connectivity index (χ2n) is 7.22. The van der Waals surface area contributed by atoms with Crippen LogP contribution in [0.4, 0.5) is 0 Å². The number of rotatable bonds is 14. The Morgan fingerprint density at radius 2 is 1.81 bits per heavy atom. The van der Waals surface area contributed by atoms with Gasteiger partial charge in [-0.05, 0) is 13.6 Å². The zero-order valence-electron chi connectivity index (χ0n) is 17.5. The number of hydrogen-bond donors (Lipinski definition) is 2. The first-order valence-corrected chi connectivity index (χ1v) is 10.6. The minimum Gasteiger partial charge on any atom is -0.379 e. The number of nitrogens with one attached hydrogen (secondary N) is 2. The molecule has 1 atom stereocenters. The van der Waals surface area contributed by atoms with Gasteiger partial charge in [-0.3, -0.25) is 15.1 Å². The molecule has 0 aromatic rings. The lowest BCUT2D eigenvalue weighted by Gasteiger charge is -2.33. The van der Waals surface area contributed by atoms with Crippen LogP contribution in [-0.2, 0) is 14.2 Å². The van der Waals surface area contributed by atoms with Crippen molar-refractivity contribution in [2.45, 2.75) is 13.2 Å². The maximum atomic E-state index is 5.84. The fourth-order valence-corrected chi connectivity index (χ4v) is 3.42. The highest BCUT2D eigenvalue weighted by atomic mass is 16.5. The highest BCUT2D eigenvalue weighted by molar-refractivity contribution is 4.71. The Labute approximate surface area is 165 Å². The van der Waals surface area contributed by atoms with Gasteiger partial charge in [-0.25, -0.2) is 0 Å². The lowest BCUT2D eigenvalue weighted by atomic mass is 10.3. The van der Waals surface area contributed by atoms with Crippen molar-refractivity contribution >= 4 is 0 Å². The molecule has 0 aliphatic carbocycles. The maximum absolute atomic E-state index is 5.84. The van der Waals surface area contributed by atoms with E-state index >= 15 is 0 Å². The third-order valence-electron chi connectivity index (χ3n) is 5.28. The Bertz CT molecular complexity index is 358. The first kappa shape index (κ1) is 23.0. The molecule has 0 bridgehead atoms. The molecule has 0 radical (unpaired) electrons. The van der Waals surface area contributed by atoms with Crippen LogP contribution in [-0.4, -0.2) is 133 Å². The highest BCUT2D eigenvalue weighted by Gasteiger charge is 2.19. The van der Waals surface area contributed by atoms with Crippen molar-refractivity contribution in [3.8, 4) is 0 Å². The molecule has 27 heavy (non-hydrogen) atoms. The summed E-state index contributed by atoms with van der Waals surface area (Å²) in [6.45, 7) is 17.6. The van der Waals surface area contributed by atoms with Crippen LogP contribution in [0.1, 0.15) is 6.92 Å². The predicted molar refractivity (Wildman–Crippen MR) is 108 cm³/mol. The van der Waals surface area contributed by atoms with Crippen LogP contribution in [0.15, 0.2) is 0 Å². The number of likely N-dealkylation sites (N-methyl/N-ethyl adjacent to an activating group) is 2. The molecule has 2 rings (SSSR count). The number of nitrogens with zero attached hydrogens (tertiary/aromatic N) is 3. The Morgan fingerprint density at radius 3 is 2.59 bits per heavy atom. The van der Waals surface area contributed by atoms with Crippen LogP contribution in [0.5, 0.6) is 0 Å². The molecule has 160 valence electrons. The molecule has 2 N–H and O–H groups in total. The van der Waals surface area contributed by atoms with E-state index in [1.54, 1.807) is 0 Å². The van der Waals surface area contributed by atoms with Crippen molar-refractivity contribution in [3.63, 3.8) is 0 Å². The molecule has 8 nitrogen and oxygen atoms in total. The molecule has 2 saturated heterocycles. The van der Waals surface area contributed by atoms with Gasteiger partial charge in [-0.1, -0.05) is 6.92 Å². The second kappa shape index (κ2) is 14.6. The fraction of sp³-hybridized carbons (Fsp3) is 1.00. The van der Waals surface area contributed by atoms with E-state index in [9.17, 15) is 0 Å². The first-order valence-electron chi connectivity index (χ1n) is 10.6. The summed E-state index contributed by atoms with van der Waals surface area (Å²) in [5.74, 6) is 0. The molecule has 0 saturated carbocycles. The number of morpholine rings is 2. The van der Waals surface area contributed by atoms with Crippen molar-refractivity contribution < 1.29 is 14.2 Å². The van der Waals surface area contributed by atoms with E-state index < -0.39 is 0 Å². The van der Waals surface area contributed by atoms with Gasteiger partial charge in [0.15, 0.2) is 0 Å². The third-order valence-corrected chi connectivity index (χ3v) is 5.28. The topological polar surface area (TPSA) is 61.5 Å². The minimum atomic E-state index is 0.152. The molecule has 0 aromatic heterocycles. The van der Waals surface area contributed by atoms with Gasteiger partial charge in [-0.15, -0.1) is 0 Å². The van der Waals surface area contributed by atoms with Crippen LogP contribution in [0, 0.1) is 0 Å². The Hall–Kier alpha value is -0.320. The van der Waals surface area contributed by atoms with Crippen molar-refractivity contribution in [1.82, 2.24) is 25.3 Å². The summed E-state index contributed by atoms with van der Waals surface area (Å²) in [6, 6.07) is 0. The van der Waals surface area contributed by atoms with Gasteiger partial charge < -0.3 is 24.4 Å². The summed E-state index contributed by atoms with van der Waals surface area (Å²) < 4.78 is 17.0. The van der Waals surface area contributed by atoms with E-state index in [0.717, 1.165) is 105 Å². The molecular weight excluding hydrogens is 346 g/mol. The van der Waals surface area contributed by atoms with Crippen LogP contribution >= 0.6 is 0 Å². The van der Waals surface area contributed by atoms with Crippen molar-refractivity contribution in [1.29, 1.82) is 0 Å². The number of hydrogen-bond acceptors (Lipinski definition) is 8. The van der Waals surface area contributed by atoms with Gasteiger partial charge >= 0.3 is 0 Å². The quantitative estimate of drug-likeness (QED) is 0.373. The molecule has 2 heterocycles. The van der Waals surface area contributed by atoms with Crippen LogP contribution in [0.2, 0.25) is 0 Å². The zero-order chi connectivity index (χ0) is 19.2. The van der Waals surface area contributed by atoms with Gasteiger partial charge in [0.25, 0.3) is 0 Å². The van der Waals surface area contributed by atoms with Crippen molar-refractivity contribution in [3.05, 3.63) is 0 Å². The van der Waals surface area contributed by atoms with Crippen molar-refractivity contribution in [2.75, 3.05) is 112 Å². The highest BCUT2D eigenvalue weighted by Crippen LogP contribution is 2.02. The summed E-state index contributed by atoms with van der Waals surface area (Å²) in [4.78, 5) is 7.30. The van der Waals surface area contributed by atoms with Crippen molar-refractivity contribution in [2.24, 2.45) is 0 Å². The zero-order valence-corrected chi connectivity index (χ0v) is 17.5. The number of ether oxygens (including phenoxy) is 3. The van der Waals surface area contributed by atoms with Gasteiger partial charge in [0.1, 0.15) is 6.23 Å². The van der Waals surface area contributed by atoms with E-state index in [2.05, 4.69) is 32.3 Å². The summed E-state index contributed by atoms with van der Waals surface area (Å²) >= 11 is 0. The van der Waals surface area contributed by atoms with Crippen LogP contribution in [0.25, 0.3) is 0 Å². The van der Waals surface area contributed by atoms with Gasteiger partial charge in [0, 0.05) is 65.4 Å². The lowest BCUT2D eigenvalue weighted by molar-refractivity contribution is -0.0454. The second-order valence-corrected chi connectivity index (χ2v) is 7.22. The summed E-state index contributed by atoms with van der Waals surface area (Å²) in [6.07, 6.45) is 0.152. The minimum absolute atomic E-state index is 0.152. The SMILES string of the molecule is CCN(CCNC1CN(CCNC)CCO1)CCOCCN1CCOCC1. The molecule has 8 heteroatoms. The average Bonchev–Trinajstić information content (AvgIpc) is 2.72. The lowest BCUT2D eigenvalue weighted by Crippen LogP contribution is -2.51.